The molecule has 0 radical (unpaired) electrons. The Hall–Kier alpha value is -1.26. The molecule has 1 N–H and O–H groups in total. The van der Waals surface area contributed by atoms with Gasteiger partial charge in [0.25, 0.3) is 0 Å². The summed E-state index contributed by atoms with van der Waals surface area (Å²) in [5, 5.41) is 3.47. The number of carbonyl (C=O) groups is 1. The summed E-state index contributed by atoms with van der Waals surface area (Å²) in [6.45, 7) is 11.2. The number of nitrogens with one attached hydrogen (secondary N) is 1. The molecule has 5 nitrogen and oxygen atoms in total. The molecule has 1 heterocycles. The second-order valence-electron chi connectivity index (χ2n) is 6.57. The van der Waals surface area contributed by atoms with Gasteiger partial charge in [-0.2, -0.15) is 0 Å². The molecule has 0 saturated carbocycles. The Bertz CT molecular complexity index is 367. The van der Waals surface area contributed by atoms with Crippen LogP contribution in [0.1, 0.15) is 40.5 Å². The van der Waals surface area contributed by atoms with Crippen molar-refractivity contribution in [3.63, 3.8) is 0 Å². The Kier molecular flexibility index (Phi) is 6.99. The molecule has 1 saturated heterocycles. The summed E-state index contributed by atoms with van der Waals surface area (Å²) in [7, 11) is 3.54. The van der Waals surface area contributed by atoms with Gasteiger partial charge < -0.3 is 15.1 Å². The second kappa shape index (κ2) is 8.25. The largest absolute Gasteiger partial charge is 0.354 e. The predicted molar refractivity (Wildman–Crippen MR) is 88.4 cm³/mol. The SMILES string of the molecule is CCC(C)NC(=NCC(=O)N(C)C)N1CCC(C)C(C)C1. The van der Waals surface area contributed by atoms with Crippen LogP contribution in [-0.4, -0.2) is 61.4 Å². The highest BCUT2D eigenvalue weighted by atomic mass is 16.2. The summed E-state index contributed by atoms with van der Waals surface area (Å²) in [5.41, 5.74) is 0. The van der Waals surface area contributed by atoms with Crippen molar-refractivity contribution in [3.05, 3.63) is 0 Å². The number of nitrogens with zero attached hydrogens (tertiary/aromatic N) is 3. The minimum absolute atomic E-state index is 0.0388. The van der Waals surface area contributed by atoms with Crippen LogP contribution in [-0.2, 0) is 4.79 Å². The maximum Gasteiger partial charge on any atom is 0.243 e. The van der Waals surface area contributed by atoms with Gasteiger partial charge in [0.05, 0.1) is 0 Å². The number of rotatable bonds is 4. The van der Waals surface area contributed by atoms with Crippen LogP contribution in [0.4, 0.5) is 0 Å². The minimum Gasteiger partial charge on any atom is -0.354 e. The molecule has 21 heavy (non-hydrogen) atoms. The average Bonchev–Trinajstić information content (AvgIpc) is 2.45. The smallest absolute Gasteiger partial charge is 0.243 e. The van der Waals surface area contributed by atoms with E-state index in [0.29, 0.717) is 12.0 Å². The monoisotopic (exact) mass is 296 g/mol. The van der Waals surface area contributed by atoms with Crippen molar-refractivity contribution in [1.82, 2.24) is 15.1 Å². The topological polar surface area (TPSA) is 47.9 Å². The normalized spacial score (nSPS) is 24.7. The summed E-state index contributed by atoms with van der Waals surface area (Å²) >= 11 is 0. The first-order valence-electron chi connectivity index (χ1n) is 8.11. The van der Waals surface area contributed by atoms with E-state index in [9.17, 15) is 4.79 Å². The van der Waals surface area contributed by atoms with Crippen LogP contribution in [0.15, 0.2) is 4.99 Å². The van der Waals surface area contributed by atoms with E-state index in [1.54, 1.807) is 19.0 Å². The molecule has 1 rings (SSSR count). The molecular weight excluding hydrogens is 264 g/mol. The zero-order chi connectivity index (χ0) is 16.0. The molecule has 1 amide bonds. The third kappa shape index (κ3) is 5.56. The van der Waals surface area contributed by atoms with Gasteiger partial charge in [-0.3, -0.25) is 4.79 Å². The van der Waals surface area contributed by atoms with Gasteiger partial charge in [0.1, 0.15) is 6.54 Å². The summed E-state index contributed by atoms with van der Waals surface area (Å²) in [5.74, 6) is 2.34. The summed E-state index contributed by atoms with van der Waals surface area (Å²) in [6, 6.07) is 0.368. The van der Waals surface area contributed by atoms with Crippen LogP contribution in [0.25, 0.3) is 0 Å². The fourth-order valence-corrected chi connectivity index (χ4v) is 2.30. The van der Waals surface area contributed by atoms with E-state index < -0.39 is 0 Å². The van der Waals surface area contributed by atoms with Crippen molar-refractivity contribution in [2.24, 2.45) is 16.8 Å². The van der Waals surface area contributed by atoms with E-state index >= 15 is 0 Å². The van der Waals surface area contributed by atoms with Crippen molar-refractivity contribution < 1.29 is 4.79 Å². The molecule has 5 heteroatoms. The molecule has 3 atom stereocenters. The Morgan fingerprint density at radius 2 is 2.05 bits per heavy atom. The maximum absolute atomic E-state index is 11.8. The number of carbonyl (C=O) groups excluding carboxylic acids is 1. The van der Waals surface area contributed by atoms with Crippen LogP contribution < -0.4 is 5.32 Å². The van der Waals surface area contributed by atoms with Crippen LogP contribution in [0, 0.1) is 11.8 Å². The zero-order valence-electron chi connectivity index (χ0n) is 14.5. The fraction of sp³-hybridized carbons (Fsp3) is 0.875. The Balaban J connectivity index is 2.76. The van der Waals surface area contributed by atoms with E-state index in [2.05, 4.69) is 42.9 Å². The number of amides is 1. The first kappa shape index (κ1) is 17.8. The number of guanidine groups is 1. The average molecular weight is 296 g/mol. The third-order valence-corrected chi connectivity index (χ3v) is 4.48. The Morgan fingerprint density at radius 3 is 2.57 bits per heavy atom. The van der Waals surface area contributed by atoms with Gasteiger partial charge >= 0.3 is 0 Å². The van der Waals surface area contributed by atoms with Gasteiger partial charge in [-0.15, -0.1) is 0 Å². The van der Waals surface area contributed by atoms with Gasteiger partial charge in [-0.1, -0.05) is 20.8 Å². The molecule has 1 aliphatic heterocycles. The molecule has 0 aromatic heterocycles. The summed E-state index contributed by atoms with van der Waals surface area (Å²) in [4.78, 5) is 20.2. The maximum atomic E-state index is 11.8. The lowest BCUT2D eigenvalue weighted by molar-refractivity contribution is -0.127. The molecule has 0 spiro atoms. The van der Waals surface area contributed by atoms with Gasteiger partial charge in [-0.05, 0) is 31.6 Å². The van der Waals surface area contributed by atoms with Crippen LogP contribution in [0.3, 0.4) is 0 Å². The van der Waals surface area contributed by atoms with E-state index in [-0.39, 0.29) is 12.5 Å². The number of hydrogen-bond acceptors (Lipinski definition) is 2. The highest BCUT2D eigenvalue weighted by Gasteiger charge is 2.25. The first-order valence-corrected chi connectivity index (χ1v) is 8.11. The van der Waals surface area contributed by atoms with Crippen molar-refractivity contribution in [1.29, 1.82) is 0 Å². The molecule has 0 aromatic carbocycles. The van der Waals surface area contributed by atoms with Crippen molar-refractivity contribution in [2.45, 2.75) is 46.6 Å². The molecular formula is C16H32N4O. The van der Waals surface area contributed by atoms with E-state index in [0.717, 1.165) is 31.4 Å². The second-order valence-corrected chi connectivity index (χ2v) is 6.57. The third-order valence-electron chi connectivity index (χ3n) is 4.48. The van der Waals surface area contributed by atoms with Crippen LogP contribution >= 0.6 is 0 Å². The molecule has 1 aliphatic rings. The minimum atomic E-state index is 0.0388. The first-order chi connectivity index (χ1) is 9.85. The lowest BCUT2D eigenvalue weighted by atomic mass is 9.89. The van der Waals surface area contributed by atoms with Gasteiger partial charge in [0.15, 0.2) is 5.96 Å². The van der Waals surface area contributed by atoms with Crippen molar-refractivity contribution in [2.75, 3.05) is 33.7 Å². The number of hydrogen-bond donors (Lipinski definition) is 1. The number of likely N-dealkylation sites (N-methyl/N-ethyl adjacent to an activating group) is 1. The predicted octanol–water partition coefficient (Wildman–Crippen LogP) is 1.80. The molecule has 0 bridgehead atoms. The number of piperidine rings is 1. The number of aliphatic imine (C=N–C) groups is 1. The lowest BCUT2D eigenvalue weighted by Crippen LogP contribution is -2.50. The van der Waals surface area contributed by atoms with E-state index in [4.69, 9.17) is 0 Å². The highest BCUT2D eigenvalue weighted by molar-refractivity contribution is 5.85. The quantitative estimate of drug-likeness (QED) is 0.635. The van der Waals surface area contributed by atoms with Crippen molar-refractivity contribution in [3.8, 4) is 0 Å². The van der Waals surface area contributed by atoms with Crippen LogP contribution in [0.2, 0.25) is 0 Å². The molecule has 122 valence electrons. The lowest BCUT2D eigenvalue weighted by Gasteiger charge is -2.38. The van der Waals surface area contributed by atoms with Crippen LogP contribution in [0.5, 0.6) is 0 Å². The fourth-order valence-electron chi connectivity index (χ4n) is 2.30. The van der Waals surface area contributed by atoms with Crippen molar-refractivity contribution >= 4 is 11.9 Å². The standard InChI is InChI=1S/C16H32N4O/c1-7-14(4)18-16(17-10-15(21)19(5)6)20-9-8-12(2)13(3)11-20/h12-14H,7-11H2,1-6H3,(H,17,18). The van der Waals surface area contributed by atoms with Gasteiger partial charge in [0.2, 0.25) is 5.91 Å². The van der Waals surface area contributed by atoms with E-state index in [1.165, 1.54) is 6.42 Å². The number of likely N-dealkylation sites (tertiary alicyclic amines) is 1. The molecule has 0 aromatic rings. The molecule has 3 unspecified atom stereocenters. The highest BCUT2D eigenvalue weighted by Crippen LogP contribution is 2.22. The molecule has 1 fully saturated rings. The molecule has 0 aliphatic carbocycles. The summed E-state index contributed by atoms with van der Waals surface area (Å²) < 4.78 is 0. The van der Waals surface area contributed by atoms with Gasteiger partial charge in [0, 0.05) is 33.2 Å². The van der Waals surface area contributed by atoms with Gasteiger partial charge in [-0.25, -0.2) is 4.99 Å². The Labute approximate surface area is 129 Å². The Morgan fingerprint density at radius 1 is 1.38 bits per heavy atom. The van der Waals surface area contributed by atoms with E-state index in [1.807, 2.05) is 0 Å². The zero-order valence-corrected chi connectivity index (χ0v) is 14.5. The summed E-state index contributed by atoms with van der Waals surface area (Å²) in [6.07, 6.45) is 2.23.